The van der Waals surface area contributed by atoms with Gasteiger partial charge in [-0.15, -0.1) is 0 Å². The lowest BCUT2D eigenvalue weighted by atomic mass is 10.1. The Morgan fingerprint density at radius 3 is 2.69 bits per heavy atom. The molecule has 2 N–H and O–H groups in total. The van der Waals surface area contributed by atoms with Gasteiger partial charge in [0.2, 0.25) is 0 Å². The third-order valence-electron chi connectivity index (χ3n) is 4.01. The first-order chi connectivity index (χ1) is 12.3. The van der Waals surface area contributed by atoms with Gasteiger partial charge < -0.3 is 14.9 Å². The molecule has 6 nitrogen and oxygen atoms in total. The van der Waals surface area contributed by atoms with Crippen LogP contribution in [0.25, 0.3) is 10.9 Å². The predicted molar refractivity (Wildman–Crippen MR) is 99.9 cm³/mol. The van der Waals surface area contributed by atoms with Crippen LogP contribution in [0.1, 0.15) is 27.9 Å². The van der Waals surface area contributed by atoms with Crippen LogP contribution >= 0.6 is 22.9 Å². The molecule has 0 aliphatic rings. The van der Waals surface area contributed by atoms with Gasteiger partial charge in [-0.25, -0.2) is 0 Å². The van der Waals surface area contributed by atoms with Gasteiger partial charge in [-0.1, -0.05) is 22.9 Å². The Bertz CT molecular complexity index is 1020. The van der Waals surface area contributed by atoms with Crippen LogP contribution < -0.4 is 4.74 Å². The van der Waals surface area contributed by atoms with Crippen LogP contribution in [0.3, 0.4) is 0 Å². The number of phenols is 1. The molecule has 0 unspecified atom stereocenters. The molecule has 0 radical (unpaired) electrons. The first kappa shape index (κ1) is 18.3. The molecule has 3 rings (SSSR count). The Morgan fingerprint density at radius 1 is 1.31 bits per heavy atom. The van der Waals surface area contributed by atoms with E-state index in [9.17, 15) is 19.8 Å². The smallest absolute Gasteiger partial charge is 0.307 e. The lowest BCUT2D eigenvalue weighted by Crippen LogP contribution is -2.12. The summed E-state index contributed by atoms with van der Waals surface area (Å²) in [5, 5.41) is 20.3. The number of aromatic hydroxyl groups is 1. The largest absolute Gasteiger partial charge is 0.506 e. The number of hydrogen-bond donors (Lipinski definition) is 2. The van der Waals surface area contributed by atoms with E-state index in [1.54, 1.807) is 19.1 Å². The molecule has 0 atom stereocenters. The zero-order valence-electron chi connectivity index (χ0n) is 14.1. The third kappa shape index (κ3) is 3.15. The first-order valence-electron chi connectivity index (χ1n) is 7.85. The van der Waals surface area contributed by atoms with Crippen molar-refractivity contribution < 1.29 is 24.5 Å². The fraction of sp³-hybridized carbons (Fsp3) is 0.222. The molecular formula is C18H16ClNO5S. The third-order valence-corrected chi connectivity index (χ3v) is 5.30. The van der Waals surface area contributed by atoms with Crippen LogP contribution in [0.5, 0.6) is 10.8 Å². The highest BCUT2D eigenvalue weighted by Crippen LogP contribution is 2.35. The summed E-state index contributed by atoms with van der Waals surface area (Å²) in [5.74, 6) is -1.49. The maximum atomic E-state index is 13.1. The maximum Gasteiger partial charge on any atom is 0.307 e. The van der Waals surface area contributed by atoms with E-state index in [0.29, 0.717) is 38.7 Å². The van der Waals surface area contributed by atoms with Gasteiger partial charge in [0.05, 0.1) is 28.4 Å². The summed E-state index contributed by atoms with van der Waals surface area (Å²) in [6, 6.07) is 6.26. The molecule has 0 aliphatic heterocycles. The highest BCUT2D eigenvalue weighted by Gasteiger charge is 2.23. The van der Waals surface area contributed by atoms with Crippen LogP contribution in [0.4, 0.5) is 0 Å². The maximum absolute atomic E-state index is 13.1. The van der Waals surface area contributed by atoms with E-state index in [0.717, 1.165) is 0 Å². The van der Waals surface area contributed by atoms with Crippen LogP contribution in [-0.4, -0.2) is 33.3 Å². The number of carboxylic acid groups (broad SMARTS) is 1. The molecule has 0 bridgehead atoms. The van der Waals surface area contributed by atoms with Gasteiger partial charge in [0.15, 0.2) is 5.06 Å². The summed E-state index contributed by atoms with van der Waals surface area (Å²) in [4.78, 5) is 24.8. The number of benzene rings is 1. The van der Waals surface area contributed by atoms with Crippen LogP contribution in [-0.2, 0) is 11.2 Å². The minimum absolute atomic E-state index is 0.0899. The Kier molecular flexibility index (Phi) is 4.93. The summed E-state index contributed by atoms with van der Waals surface area (Å²) in [7, 11) is 0. The molecule has 0 saturated carbocycles. The highest BCUT2D eigenvalue weighted by molar-refractivity contribution is 7.15. The fourth-order valence-electron chi connectivity index (χ4n) is 2.89. The lowest BCUT2D eigenvalue weighted by molar-refractivity contribution is -0.136. The number of thiophene rings is 1. The fourth-order valence-corrected chi connectivity index (χ4v) is 3.89. The van der Waals surface area contributed by atoms with Crippen molar-refractivity contribution in [2.75, 3.05) is 6.61 Å². The second kappa shape index (κ2) is 7.01. The van der Waals surface area contributed by atoms with Crippen LogP contribution in [0.15, 0.2) is 24.3 Å². The number of aromatic nitrogens is 1. The number of ether oxygens (including phenoxy) is 1. The topological polar surface area (TPSA) is 88.8 Å². The number of carbonyl (C=O) groups excluding carboxylic acids is 1. The summed E-state index contributed by atoms with van der Waals surface area (Å²) >= 11 is 7.23. The predicted octanol–water partition coefficient (Wildman–Crippen LogP) is 4.08. The van der Waals surface area contributed by atoms with E-state index in [4.69, 9.17) is 16.3 Å². The summed E-state index contributed by atoms with van der Waals surface area (Å²) < 4.78 is 6.84. The molecule has 8 heteroatoms. The molecule has 0 fully saturated rings. The van der Waals surface area contributed by atoms with E-state index in [2.05, 4.69) is 0 Å². The number of rotatable bonds is 5. The SMILES string of the molecule is CCOc1ccc(C(=O)n2c(C)c(CC(=O)O)c3cc(O)c(Cl)cc32)s1. The molecule has 26 heavy (non-hydrogen) atoms. The Labute approximate surface area is 158 Å². The average Bonchev–Trinajstić information content (AvgIpc) is 3.13. The van der Waals surface area contributed by atoms with Gasteiger partial charge in [-0.05, 0) is 43.7 Å². The zero-order valence-corrected chi connectivity index (χ0v) is 15.6. The number of carboxylic acids is 1. The van der Waals surface area contributed by atoms with Gasteiger partial charge in [-0.3, -0.25) is 14.2 Å². The molecule has 2 aromatic heterocycles. The van der Waals surface area contributed by atoms with Gasteiger partial charge >= 0.3 is 5.97 Å². The van der Waals surface area contributed by atoms with Gasteiger partial charge in [-0.2, -0.15) is 0 Å². The Hall–Kier alpha value is -2.51. The van der Waals surface area contributed by atoms with Crippen molar-refractivity contribution >= 4 is 45.7 Å². The molecule has 1 aromatic carbocycles. The molecule has 2 heterocycles. The standard InChI is InChI=1S/C18H16ClNO5S/c1-3-25-17-5-4-15(26-17)18(24)20-9(2)10(7-16(22)23)11-6-14(21)12(19)8-13(11)20/h4-6,8,21H,3,7H2,1-2H3,(H,22,23). The zero-order chi connectivity index (χ0) is 19.0. The highest BCUT2D eigenvalue weighted by atomic mass is 35.5. The lowest BCUT2D eigenvalue weighted by Gasteiger charge is -2.06. The van der Waals surface area contributed by atoms with Gasteiger partial charge in [0.25, 0.3) is 5.91 Å². The molecule has 136 valence electrons. The van der Waals surface area contributed by atoms with Crippen molar-refractivity contribution in [3.05, 3.63) is 45.4 Å². The number of nitrogens with zero attached hydrogens (tertiary/aromatic N) is 1. The quantitative estimate of drug-likeness (QED) is 0.681. The summed E-state index contributed by atoms with van der Waals surface area (Å²) in [6.07, 6.45) is -0.266. The van der Waals surface area contributed by atoms with Crippen molar-refractivity contribution in [2.45, 2.75) is 20.3 Å². The van der Waals surface area contributed by atoms with Crippen molar-refractivity contribution in [1.82, 2.24) is 4.57 Å². The van der Waals surface area contributed by atoms with E-state index in [-0.39, 0.29) is 23.1 Å². The molecule has 0 spiro atoms. The molecular weight excluding hydrogens is 378 g/mol. The van der Waals surface area contributed by atoms with Gasteiger partial charge in [0, 0.05) is 11.1 Å². The monoisotopic (exact) mass is 393 g/mol. The molecule has 0 aliphatic carbocycles. The number of hydrogen-bond acceptors (Lipinski definition) is 5. The molecule has 0 amide bonds. The van der Waals surface area contributed by atoms with Crippen LogP contribution in [0, 0.1) is 6.92 Å². The van der Waals surface area contributed by atoms with Crippen LogP contribution in [0.2, 0.25) is 5.02 Å². The number of phenolic OH excluding ortho intramolecular Hbond substituents is 1. The van der Waals surface area contributed by atoms with Crippen molar-refractivity contribution in [3.63, 3.8) is 0 Å². The van der Waals surface area contributed by atoms with Crippen molar-refractivity contribution in [1.29, 1.82) is 0 Å². The Morgan fingerprint density at radius 2 is 2.04 bits per heavy atom. The number of halogens is 1. The second-order valence-electron chi connectivity index (χ2n) is 5.65. The summed E-state index contributed by atoms with van der Waals surface area (Å²) in [5.41, 5.74) is 1.42. The van der Waals surface area contributed by atoms with E-state index in [1.807, 2.05) is 6.92 Å². The van der Waals surface area contributed by atoms with Crippen molar-refractivity contribution in [3.8, 4) is 10.8 Å². The van der Waals surface area contributed by atoms with Crippen molar-refractivity contribution in [2.24, 2.45) is 0 Å². The minimum atomic E-state index is -1.02. The molecule has 0 saturated heterocycles. The summed E-state index contributed by atoms with van der Waals surface area (Å²) in [6.45, 7) is 4.03. The first-order valence-corrected chi connectivity index (χ1v) is 9.04. The number of aliphatic carboxylic acids is 1. The Balaban J connectivity index is 2.20. The van der Waals surface area contributed by atoms with Gasteiger partial charge in [0.1, 0.15) is 5.75 Å². The molecule has 3 aromatic rings. The van der Waals surface area contributed by atoms with E-state index in [1.165, 1.54) is 28.0 Å². The van der Waals surface area contributed by atoms with E-state index >= 15 is 0 Å². The number of fused-ring (bicyclic) bond motifs is 1. The average molecular weight is 394 g/mol. The minimum Gasteiger partial charge on any atom is -0.506 e. The second-order valence-corrected chi connectivity index (χ2v) is 7.10. The number of carbonyl (C=O) groups is 2. The normalized spacial score (nSPS) is 11.0. The van der Waals surface area contributed by atoms with E-state index < -0.39 is 5.97 Å².